The molecule has 2 aliphatic carbocycles. The lowest BCUT2D eigenvalue weighted by atomic mass is 9.79. The van der Waals surface area contributed by atoms with E-state index in [1.165, 1.54) is 31.4 Å². The van der Waals surface area contributed by atoms with Crippen LogP contribution in [0.15, 0.2) is 41.6 Å². The number of anilines is 1. The van der Waals surface area contributed by atoms with Crippen LogP contribution in [0.3, 0.4) is 0 Å². The highest BCUT2D eigenvalue weighted by atomic mass is 28.3. The van der Waals surface area contributed by atoms with E-state index in [-0.39, 0.29) is 11.0 Å². The van der Waals surface area contributed by atoms with Gasteiger partial charge in [0.05, 0.1) is 26.8 Å². The molecule has 160 valence electrons. The summed E-state index contributed by atoms with van der Waals surface area (Å²) in [6.45, 7) is 15.5. The van der Waals surface area contributed by atoms with Crippen molar-refractivity contribution in [3.63, 3.8) is 0 Å². The predicted molar refractivity (Wildman–Crippen MR) is 124 cm³/mol. The van der Waals surface area contributed by atoms with E-state index in [4.69, 9.17) is 9.47 Å². The van der Waals surface area contributed by atoms with E-state index >= 15 is 0 Å². The van der Waals surface area contributed by atoms with E-state index in [0.29, 0.717) is 0 Å². The molecule has 0 bridgehead atoms. The number of para-hydroxylation sites is 1. The van der Waals surface area contributed by atoms with Crippen molar-refractivity contribution < 1.29 is 9.47 Å². The third-order valence-corrected chi connectivity index (χ3v) is 8.59. The van der Waals surface area contributed by atoms with Gasteiger partial charge >= 0.3 is 0 Å². The molecule has 1 aromatic rings. The Kier molecular flexibility index (Phi) is 5.28. The third-order valence-electron chi connectivity index (χ3n) is 7.29. The molecule has 1 N–H and O–H groups in total. The predicted octanol–water partition coefficient (Wildman–Crippen LogP) is 6.25. The Labute approximate surface area is 178 Å². The second-order valence-corrected chi connectivity index (χ2v) is 16.6. The fraction of sp³-hybridized carbons (Fsp3) is 0.680. The maximum Gasteiger partial charge on any atom is 0.162 e. The quantitative estimate of drug-likeness (QED) is 0.592. The van der Waals surface area contributed by atoms with Gasteiger partial charge in [-0.1, -0.05) is 49.1 Å². The van der Waals surface area contributed by atoms with Gasteiger partial charge in [-0.2, -0.15) is 0 Å². The zero-order valence-electron chi connectivity index (χ0n) is 19.2. The summed E-state index contributed by atoms with van der Waals surface area (Å²) in [5.41, 5.74) is 5.75. The van der Waals surface area contributed by atoms with Crippen LogP contribution < -0.4 is 5.32 Å². The number of ether oxygens (including phenoxy) is 2. The normalized spacial score (nSPS) is 30.3. The van der Waals surface area contributed by atoms with E-state index in [1.54, 1.807) is 5.57 Å². The van der Waals surface area contributed by atoms with E-state index in [2.05, 4.69) is 67.9 Å². The number of hydrogen-bond donors (Lipinski definition) is 1. The summed E-state index contributed by atoms with van der Waals surface area (Å²) in [4.78, 5) is 0. The molecular formula is C25H39NO2Si. The molecule has 1 spiro atoms. The topological polar surface area (TPSA) is 30.5 Å². The largest absolute Gasteiger partial charge is 0.376 e. The SMILES string of the molecule is C/C(=C\[Si](C)(C)C)C1(Nc2ccccc2)C[C@@H]2CC3(COC(C)(C)OC3)C[C@H]2C1. The van der Waals surface area contributed by atoms with E-state index in [0.717, 1.165) is 25.0 Å². The van der Waals surface area contributed by atoms with Gasteiger partial charge in [0, 0.05) is 11.1 Å². The van der Waals surface area contributed by atoms with E-state index in [9.17, 15) is 0 Å². The Bertz CT molecular complexity index is 739. The van der Waals surface area contributed by atoms with Crippen molar-refractivity contribution in [1.82, 2.24) is 0 Å². The van der Waals surface area contributed by atoms with Gasteiger partial charge in [0.15, 0.2) is 5.79 Å². The van der Waals surface area contributed by atoms with Crippen LogP contribution in [0.25, 0.3) is 0 Å². The van der Waals surface area contributed by atoms with Crippen LogP contribution >= 0.6 is 0 Å². The standard InChI is InChI=1S/C25H39NO2Si/c1-19(16-29(4,5)6)25(26-22-10-8-7-9-11-22)14-20-12-24(13-21(20)15-25)17-27-23(2,3)28-18-24/h7-11,16,20-21,26H,12-15,17-18H2,1-6H3/b19-16+/t20-,21-/m0/s1. The lowest BCUT2D eigenvalue weighted by molar-refractivity contribution is -0.285. The second kappa shape index (κ2) is 7.25. The molecule has 1 saturated heterocycles. The number of nitrogens with one attached hydrogen (secondary N) is 1. The van der Waals surface area contributed by atoms with E-state index in [1.807, 2.05) is 13.8 Å². The summed E-state index contributed by atoms with van der Waals surface area (Å²) in [6.07, 6.45) is 4.94. The maximum atomic E-state index is 6.09. The zero-order valence-corrected chi connectivity index (χ0v) is 20.2. The molecule has 2 atom stereocenters. The second-order valence-electron chi connectivity index (χ2n) is 11.6. The summed E-state index contributed by atoms with van der Waals surface area (Å²) >= 11 is 0. The average Bonchev–Trinajstić information content (AvgIpc) is 3.11. The average molecular weight is 414 g/mol. The number of hydrogen-bond acceptors (Lipinski definition) is 3. The smallest absolute Gasteiger partial charge is 0.162 e. The third kappa shape index (κ3) is 4.50. The Morgan fingerprint density at radius 2 is 1.52 bits per heavy atom. The molecule has 0 unspecified atom stereocenters. The fourth-order valence-electron chi connectivity index (χ4n) is 6.07. The molecule has 2 saturated carbocycles. The summed E-state index contributed by atoms with van der Waals surface area (Å²) in [7, 11) is -1.29. The van der Waals surface area contributed by atoms with Gasteiger partial charge in [-0.15, -0.1) is 0 Å². The molecule has 0 radical (unpaired) electrons. The molecule has 4 heteroatoms. The van der Waals surface area contributed by atoms with Crippen molar-refractivity contribution in [2.24, 2.45) is 17.3 Å². The first-order chi connectivity index (χ1) is 13.5. The van der Waals surface area contributed by atoms with Crippen molar-refractivity contribution in [1.29, 1.82) is 0 Å². The minimum atomic E-state index is -1.29. The lowest BCUT2D eigenvalue weighted by Crippen LogP contribution is -2.46. The van der Waals surface area contributed by atoms with Crippen LogP contribution in [-0.2, 0) is 9.47 Å². The summed E-state index contributed by atoms with van der Waals surface area (Å²) in [6, 6.07) is 10.8. The first-order valence-electron chi connectivity index (χ1n) is 11.3. The number of fused-ring (bicyclic) bond motifs is 1. The summed E-state index contributed by atoms with van der Waals surface area (Å²) in [5.74, 6) is 1.09. The minimum Gasteiger partial charge on any atom is -0.376 e. The molecule has 3 aliphatic rings. The summed E-state index contributed by atoms with van der Waals surface area (Å²) in [5, 5.41) is 4.00. The van der Waals surface area contributed by atoms with Gasteiger partial charge in [-0.3, -0.25) is 0 Å². The van der Waals surface area contributed by atoms with Crippen LogP contribution in [0.2, 0.25) is 19.6 Å². The van der Waals surface area contributed by atoms with Crippen molar-refractivity contribution in [2.45, 2.75) is 77.4 Å². The van der Waals surface area contributed by atoms with Crippen molar-refractivity contribution in [3.05, 3.63) is 41.6 Å². The molecular weight excluding hydrogens is 374 g/mol. The van der Waals surface area contributed by atoms with Gasteiger partial charge in [-0.25, -0.2) is 0 Å². The molecule has 0 amide bonds. The Balaban J connectivity index is 1.56. The summed E-state index contributed by atoms with van der Waals surface area (Å²) < 4.78 is 12.2. The van der Waals surface area contributed by atoms with Crippen LogP contribution in [0.5, 0.6) is 0 Å². The molecule has 3 nitrogen and oxygen atoms in total. The van der Waals surface area contributed by atoms with Crippen molar-refractivity contribution >= 4 is 13.8 Å². The maximum absolute atomic E-state index is 6.09. The van der Waals surface area contributed by atoms with Crippen LogP contribution in [0.4, 0.5) is 5.69 Å². The van der Waals surface area contributed by atoms with E-state index < -0.39 is 13.9 Å². The Morgan fingerprint density at radius 3 is 2.03 bits per heavy atom. The first-order valence-corrected chi connectivity index (χ1v) is 14.9. The lowest BCUT2D eigenvalue weighted by Gasteiger charge is -2.43. The Hall–Kier alpha value is -1.10. The van der Waals surface area contributed by atoms with Gasteiger partial charge in [-0.05, 0) is 70.4 Å². The van der Waals surface area contributed by atoms with Gasteiger partial charge < -0.3 is 14.8 Å². The van der Waals surface area contributed by atoms with Gasteiger partial charge in [0.1, 0.15) is 0 Å². The Morgan fingerprint density at radius 1 is 0.966 bits per heavy atom. The monoisotopic (exact) mass is 413 g/mol. The molecule has 3 fully saturated rings. The number of benzene rings is 1. The molecule has 4 rings (SSSR count). The van der Waals surface area contributed by atoms with Crippen LogP contribution in [-0.4, -0.2) is 32.6 Å². The van der Waals surface area contributed by atoms with Crippen LogP contribution in [0.1, 0.15) is 46.5 Å². The van der Waals surface area contributed by atoms with Crippen LogP contribution in [0, 0.1) is 17.3 Å². The molecule has 29 heavy (non-hydrogen) atoms. The van der Waals surface area contributed by atoms with Crippen molar-refractivity contribution in [3.8, 4) is 0 Å². The van der Waals surface area contributed by atoms with Gasteiger partial charge in [0.25, 0.3) is 0 Å². The number of rotatable bonds is 4. The molecule has 1 aliphatic heterocycles. The highest BCUT2D eigenvalue weighted by Crippen LogP contribution is 2.59. The molecule has 0 aromatic heterocycles. The van der Waals surface area contributed by atoms with Gasteiger partial charge in [0.2, 0.25) is 0 Å². The molecule has 1 aromatic carbocycles. The zero-order chi connectivity index (χ0) is 20.9. The highest BCUT2D eigenvalue weighted by Gasteiger charge is 2.56. The fourth-order valence-corrected chi connectivity index (χ4v) is 7.64. The molecule has 1 heterocycles. The first kappa shape index (κ1) is 21.1. The highest BCUT2D eigenvalue weighted by molar-refractivity contribution is 6.81. The van der Waals surface area contributed by atoms with Crippen molar-refractivity contribution in [2.75, 3.05) is 18.5 Å². The minimum absolute atomic E-state index is 0.0915.